The predicted molar refractivity (Wildman–Crippen MR) is 127 cm³/mol. The Balaban J connectivity index is 1.49. The maximum atomic E-state index is 13.9. The Morgan fingerprint density at radius 3 is 2.82 bits per heavy atom. The molecule has 2 heterocycles. The molecule has 0 N–H and O–H groups in total. The number of nitrogens with zero attached hydrogens (tertiary/aromatic N) is 3. The van der Waals surface area contributed by atoms with Gasteiger partial charge < -0.3 is 14.2 Å². The summed E-state index contributed by atoms with van der Waals surface area (Å²) in [7, 11) is 0. The molecular formula is C24H28FN3O4S. The number of fused-ring (bicyclic) bond motifs is 1. The third kappa shape index (κ3) is 6.19. The van der Waals surface area contributed by atoms with E-state index in [4.69, 9.17) is 14.2 Å². The second-order valence-electron chi connectivity index (χ2n) is 7.63. The fourth-order valence-electron chi connectivity index (χ4n) is 3.65. The molecule has 0 bridgehead atoms. The molecule has 1 saturated heterocycles. The average molecular weight is 474 g/mol. The molecule has 0 aliphatic carbocycles. The Morgan fingerprint density at radius 2 is 2.03 bits per heavy atom. The van der Waals surface area contributed by atoms with Gasteiger partial charge in [0.25, 0.3) is 5.91 Å². The molecule has 176 valence electrons. The number of halogens is 1. The van der Waals surface area contributed by atoms with Crippen LogP contribution in [-0.2, 0) is 9.53 Å². The van der Waals surface area contributed by atoms with Crippen LogP contribution in [0.15, 0.2) is 42.5 Å². The van der Waals surface area contributed by atoms with E-state index in [2.05, 4.69) is 9.88 Å². The highest BCUT2D eigenvalue weighted by atomic mass is 32.1. The quantitative estimate of drug-likeness (QED) is 0.444. The van der Waals surface area contributed by atoms with Crippen molar-refractivity contribution in [1.29, 1.82) is 0 Å². The molecular weight excluding hydrogens is 445 g/mol. The molecule has 4 rings (SSSR count). The molecule has 3 aromatic rings. The summed E-state index contributed by atoms with van der Waals surface area (Å²) in [5, 5.41) is 0.600. The zero-order valence-electron chi connectivity index (χ0n) is 18.7. The molecule has 0 saturated carbocycles. The van der Waals surface area contributed by atoms with E-state index in [0.29, 0.717) is 18.3 Å². The largest absolute Gasteiger partial charge is 0.494 e. The van der Waals surface area contributed by atoms with E-state index in [1.807, 2.05) is 25.1 Å². The van der Waals surface area contributed by atoms with Gasteiger partial charge in [0.15, 0.2) is 23.3 Å². The fraction of sp³-hybridized carbons (Fsp3) is 0.417. The SMILES string of the molecule is CCOc1ccc2nc(N(CCCN3CCOCC3)C(=O)COc3ccccc3F)sc2c1. The van der Waals surface area contributed by atoms with Crippen molar-refractivity contribution in [3.05, 3.63) is 48.3 Å². The van der Waals surface area contributed by atoms with Crippen molar-refractivity contribution in [2.24, 2.45) is 0 Å². The lowest BCUT2D eigenvalue weighted by Gasteiger charge is -2.27. The molecule has 2 aromatic carbocycles. The summed E-state index contributed by atoms with van der Waals surface area (Å²) in [6.45, 7) is 6.87. The highest BCUT2D eigenvalue weighted by Gasteiger charge is 2.22. The van der Waals surface area contributed by atoms with Crippen LogP contribution in [0.2, 0.25) is 0 Å². The number of hydrogen-bond donors (Lipinski definition) is 0. The maximum absolute atomic E-state index is 13.9. The van der Waals surface area contributed by atoms with E-state index in [-0.39, 0.29) is 18.3 Å². The van der Waals surface area contributed by atoms with Crippen LogP contribution in [-0.4, -0.2) is 68.4 Å². The van der Waals surface area contributed by atoms with Crippen LogP contribution < -0.4 is 14.4 Å². The Kier molecular flexibility index (Phi) is 8.09. The normalized spacial score (nSPS) is 14.4. The average Bonchev–Trinajstić information content (AvgIpc) is 3.25. The monoisotopic (exact) mass is 473 g/mol. The Labute approximate surface area is 196 Å². The first-order valence-electron chi connectivity index (χ1n) is 11.1. The van der Waals surface area contributed by atoms with E-state index in [0.717, 1.165) is 55.2 Å². The number of hydrogen-bond acceptors (Lipinski definition) is 7. The number of ether oxygens (including phenoxy) is 3. The van der Waals surface area contributed by atoms with Crippen molar-refractivity contribution in [1.82, 2.24) is 9.88 Å². The van der Waals surface area contributed by atoms with Gasteiger partial charge in [-0.1, -0.05) is 23.5 Å². The number of morpholine rings is 1. The topological polar surface area (TPSA) is 64.1 Å². The van der Waals surface area contributed by atoms with Gasteiger partial charge in [0.05, 0.1) is 30.0 Å². The summed E-state index contributed by atoms with van der Waals surface area (Å²) in [4.78, 5) is 21.8. The summed E-state index contributed by atoms with van der Waals surface area (Å²) in [5.74, 6) is 0.0787. The first kappa shape index (κ1) is 23.4. The van der Waals surface area contributed by atoms with Gasteiger partial charge >= 0.3 is 0 Å². The molecule has 1 amide bonds. The lowest BCUT2D eigenvalue weighted by Crippen LogP contribution is -2.40. The van der Waals surface area contributed by atoms with E-state index < -0.39 is 5.82 Å². The van der Waals surface area contributed by atoms with E-state index in [1.165, 1.54) is 23.5 Å². The van der Waals surface area contributed by atoms with Crippen LogP contribution in [0.1, 0.15) is 13.3 Å². The molecule has 33 heavy (non-hydrogen) atoms. The highest BCUT2D eigenvalue weighted by molar-refractivity contribution is 7.22. The summed E-state index contributed by atoms with van der Waals surface area (Å²) in [6, 6.07) is 11.8. The van der Waals surface area contributed by atoms with Gasteiger partial charge in [-0.2, -0.15) is 0 Å². The van der Waals surface area contributed by atoms with Crippen molar-refractivity contribution in [3.8, 4) is 11.5 Å². The van der Waals surface area contributed by atoms with Crippen molar-refractivity contribution in [3.63, 3.8) is 0 Å². The molecule has 1 aliphatic heterocycles. The Morgan fingerprint density at radius 1 is 1.21 bits per heavy atom. The van der Waals surface area contributed by atoms with Crippen molar-refractivity contribution < 1.29 is 23.4 Å². The van der Waals surface area contributed by atoms with Crippen molar-refractivity contribution >= 4 is 32.6 Å². The van der Waals surface area contributed by atoms with Crippen LogP contribution in [0.5, 0.6) is 11.5 Å². The molecule has 1 aliphatic rings. The molecule has 1 fully saturated rings. The second-order valence-corrected chi connectivity index (χ2v) is 8.64. The van der Waals surface area contributed by atoms with Crippen LogP contribution in [0.4, 0.5) is 9.52 Å². The zero-order chi connectivity index (χ0) is 23.0. The second kappa shape index (κ2) is 11.4. The lowest BCUT2D eigenvalue weighted by atomic mass is 10.3. The number of anilines is 1. The number of carbonyl (C=O) groups excluding carboxylic acids is 1. The third-order valence-electron chi connectivity index (χ3n) is 5.34. The number of aromatic nitrogens is 1. The van der Waals surface area contributed by atoms with Gasteiger partial charge in [-0.3, -0.25) is 14.6 Å². The van der Waals surface area contributed by atoms with Gasteiger partial charge in [0, 0.05) is 26.2 Å². The molecule has 0 atom stereocenters. The number of thiazole rings is 1. The molecule has 1 aromatic heterocycles. The summed E-state index contributed by atoms with van der Waals surface area (Å²) in [6.07, 6.45) is 0.783. The number of amides is 1. The Bertz CT molecular complexity index is 1070. The van der Waals surface area contributed by atoms with Crippen LogP contribution >= 0.6 is 11.3 Å². The fourth-order valence-corrected chi connectivity index (χ4v) is 4.69. The van der Waals surface area contributed by atoms with E-state index in [9.17, 15) is 9.18 Å². The molecule has 0 radical (unpaired) electrons. The predicted octanol–water partition coefficient (Wildman–Crippen LogP) is 3.97. The van der Waals surface area contributed by atoms with Crippen LogP contribution in [0.25, 0.3) is 10.2 Å². The van der Waals surface area contributed by atoms with Gasteiger partial charge in [-0.15, -0.1) is 0 Å². The van der Waals surface area contributed by atoms with Gasteiger partial charge in [0.2, 0.25) is 0 Å². The minimum atomic E-state index is -0.493. The molecule has 0 unspecified atom stereocenters. The summed E-state index contributed by atoms with van der Waals surface area (Å²) >= 11 is 1.44. The van der Waals surface area contributed by atoms with Crippen molar-refractivity contribution in [2.75, 3.05) is 57.5 Å². The maximum Gasteiger partial charge on any atom is 0.266 e. The summed E-state index contributed by atoms with van der Waals surface area (Å²) in [5.41, 5.74) is 0.805. The molecule has 9 heteroatoms. The number of rotatable bonds is 10. The van der Waals surface area contributed by atoms with Crippen LogP contribution in [0, 0.1) is 5.82 Å². The number of carbonyl (C=O) groups is 1. The van der Waals surface area contributed by atoms with Crippen molar-refractivity contribution in [2.45, 2.75) is 13.3 Å². The first-order chi connectivity index (χ1) is 16.1. The number of benzene rings is 2. The highest BCUT2D eigenvalue weighted by Crippen LogP contribution is 2.32. The van der Waals surface area contributed by atoms with E-state index in [1.54, 1.807) is 17.0 Å². The molecule has 7 nitrogen and oxygen atoms in total. The Hall–Kier alpha value is -2.75. The van der Waals surface area contributed by atoms with Gasteiger partial charge in [0.1, 0.15) is 5.75 Å². The van der Waals surface area contributed by atoms with E-state index >= 15 is 0 Å². The minimum Gasteiger partial charge on any atom is -0.494 e. The minimum absolute atomic E-state index is 0.0600. The zero-order valence-corrected chi connectivity index (χ0v) is 19.5. The van der Waals surface area contributed by atoms with Gasteiger partial charge in [-0.05, 0) is 43.7 Å². The van der Waals surface area contributed by atoms with Crippen LogP contribution in [0.3, 0.4) is 0 Å². The summed E-state index contributed by atoms with van der Waals surface area (Å²) < 4.78 is 31.3. The smallest absolute Gasteiger partial charge is 0.266 e. The van der Waals surface area contributed by atoms with Gasteiger partial charge in [-0.25, -0.2) is 9.37 Å². The number of para-hydroxylation sites is 1. The molecule has 0 spiro atoms. The standard InChI is InChI=1S/C24H28FN3O4S/c1-2-31-18-8-9-20-22(16-18)33-24(26-20)28(11-5-10-27-12-14-30-15-13-27)23(29)17-32-21-7-4-3-6-19(21)25/h3-4,6-9,16H,2,5,10-15,17H2,1H3. The lowest BCUT2D eigenvalue weighted by molar-refractivity contribution is -0.120. The third-order valence-corrected chi connectivity index (χ3v) is 6.38. The first-order valence-corrected chi connectivity index (χ1v) is 12.0.